The normalized spacial score (nSPS) is 18.1. The number of aromatic nitrogens is 2. The minimum absolute atomic E-state index is 0.0269. The van der Waals surface area contributed by atoms with Crippen LogP contribution in [0.15, 0.2) is 43.0 Å². The van der Waals surface area contributed by atoms with Crippen molar-refractivity contribution >= 4 is 5.78 Å². The zero-order chi connectivity index (χ0) is 12.4. The minimum atomic E-state index is -0.0269. The molecule has 1 aliphatic carbocycles. The summed E-state index contributed by atoms with van der Waals surface area (Å²) >= 11 is 0. The van der Waals surface area contributed by atoms with Crippen molar-refractivity contribution in [1.82, 2.24) is 9.97 Å². The average Bonchev–Trinajstić information content (AvgIpc) is 2.47. The molecule has 1 aromatic heterocycles. The molecule has 1 aromatic carbocycles. The molecule has 3 heteroatoms. The largest absolute Gasteiger partial charge is 0.293 e. The van der Waals surface area contributed by atoms with Gasteiger partial charge in [0, 0.05) is 18.3 Å². The van der Waals surface area contributed by atoms with E-state index >= 15 is 0 Å². The highest BCUT2D eigenvalue weighted by Crippen LogP contribution is 2.33. The molecule has 1 aliphatic rings. The van der Waals surface area contributed by atoms with Gasteiger partial charge in [0.2, 0.25) is 0 Å². The summed E-state index contributed by atoms with van der Waals surface area (Å²) in [5, 5.41) is 0. The molecular weight excluding hydrogens is 224 g/mol. The van der Waals surface area contributed by atoms with Crippen LogP contribution < -0.4 is 0 Å². The van der Waals surface area contributed by atoms with Gasteiger partial charge in [-0.15, -0.1) is 0 Å². The molecule has 1 unspecified atom stereocenters. The summed E-state index contributed by atoms with van der Waals surface area (Å²) in [4.78, 5) is 20.3. The number of hydrogen-bond donors (Lipinski definition) is 0. The van der Waals surface area contributed by atoms with Gasteiger partial charge < -0.3 is 0 Å². The van der Waals surface area contributed by atoms with Crippen molar-refractivity contribution in [3.05, 3.63) is 59.7 Å². The second kappa shape index (κ2) is 4.69. The quantitative estimate of drug-likeness (QED) is 0.755. The van der Waals surface area contributed by atoms with Crippen molar-refractivity contribution in [2.45, 2.75) is 25.2 Å². The van der Waals surface area contributed by atoms with Gasteiger partial charge in [0.25, 0.3) is 0 Å². The van der Waals surface area contributed by atoms with Crippen LogP contribution >= 0.6 is 0 Å². The summed E-state index contributed by atoms with van der Waals surface area (Å²) in [5.74, 6) is 0.115. The highest BCUT2D eigenvalue weighted by atomic mass is 16.1. The molecule has 0 N–H and O–H groups in total. The monoisotopic (exact) mass is 238 g/mol. The number of nitrogens with zero attached hydrogens (tertiary/aromatic N) is 2. The van der Waals surface area contributed by atoms with Crippen molar-refractivity contribution < 1.29 is 4.79 Å². The molecule has 0 spiro atoms. The first-order valence-corrected chi connectivity index (χ1v) is 6.23. The van der Waals surface area contributed by atoms with E-state index in [0.29, 0.717) is 5.56 Å². The Morgan fingerprint density at radius 2 is 1.94 bits per heavy atom. The number of benzene rings is 1. The second-order valence-electron chi connectivity index (χ2n) is 4.64. The molecule has 0 aliphatic heterocycles. The number of carbonyl (C=O) groups excluding carboxylic acids is 1. The zero-order valence-corrected chi connectivity index (χ0v) is 10.0. The molecule has 0 bridgehead atoms. The van der Waals surface area contributed by atoms with Gasteiger partial charge in [0.05, 0.1) is 5.56 Å². The van der Waals surface area contributed by atoms with Crippen LogP contribution in [0, 0.1) is 0 Å². The Labute approximate surface area is 106 Å². The smallest absolute Gasteiger partial charge is 0.173 e. The maximum absolute atomic E-state index is 12.5. The number of rotatable bonds is 2. The van der Waals surface area contributed by atoms with Crippen molar-refractivity contribution in [2.75, 3.05) is 0 Å². The molecule has 0 amide bonds. The average molecular weight is 238 g/mol. The third-order valence-electron chi connectivity index (χ3n) is 3.53. The molecule has 2 aromatic rings. The van der Waals surface area contributed by atoms with E-state index < -0.39 is 0 Å². The highest BCUT2D eigenvalue weighted by molar-refractivity contribution is 6.00. The SMILES string of the molecule is O=C(c1cncnc1)C1CCCc2ccccc21. The predicted molar refractivity (Wildman–Crippen MR) is 68.5 cm³/mol. The van der Waals surface area contributed by atoms with Crippen LogP contribution in [0.25, 0.3) is 0 Å². The van der Waals surface area contributed by atoms with Gasteiger partial charge in [-0.3, -0.25) is 4.79 Å². The lowest BCUT2D eigenvalue weighted by Crippen LogP contribution is -2.19. The molecule has 0 saturated heterocycles. The Morgan fingerprint density at radius 3 is 2.78 bits per heavy atom. The summed E-state index contributed by atoms with van der Waals surface area (Å²) in [6.45, 7) is 0. The Morgan fingerprint density at radius 1 is 1.17 bits per heavy atom. The zero-order valence-electron chi connectivity index (χ0n) is 10.0. The summed E-state index contributed by atoms with van der Waals surface area (Å²) in [7, 11) is 0. The van der Waals surface area contributed by atoms with E-state index in [2.05, 4.69) is 22.1 Å². The number of ketones is 1. The molecule has 0 fully saturated rings. The lowest BCUT2D eigenvalue weighted by molar-refractivity contribution is 0.0950. The number of aryl methyl sites for hydroxylation is 1. The lowest BCUT2D eigenvalue weighted by atomic mass is 9.79. The Kier molecular flexibility index (Phi) is 2.89. The fourth-order valence-electron chi connectivity index (χ4n) is 2.65. The summed E-state index contributed by atoms with van der Waals surface area (Å²) in [6, 6.07) is 8.24. The Bertz CT molecular complexity index is 566. The number of Topliss-reactive ketones (excluding diaryl/α,β-unsaturated/α-hetero) is 1. The fourth-order valence-corrected chi connectivity index (χ4v) is 2.65. The Balaban J connectivity index is 1.97. The second-order valence-corrected chi connectivity index (χ2v) is 4.64. The standard InChI is InChI=1S/C15H14N2O/c18-15(12-8-16-10-17-9-12)14-7-3-5-11-4-1-2-6-13(11)14/h1-2,4,6,8-10,14H,3,5,7H2. The van der Waals surface area contributed by atoms with E-state index in [0.717, 1.165) is 19.3 Å². The molecular formula is C15H14N2O. The van der Waals surface area contributed by atoms with Crippen LogP contribution in [0.5, 0.6) is 0 Å². The molecule has 3 nitrogen and oxygen atoms in total. The first-order chi connectivity index (χ1) is 8.86. The van der Waals surface area contributed by atoms with Gasteiger partial charge >= 0.3 is 0 Å². The van der Waals surface area contributed by atoms with E-state index in [1.807, 2.05) is 12.1 Å². The van der Waals surface area contributed by atoms with Gasteiger partial charge in [-0.1, -0.05) is 24.3 Å². The number of carbonyl (C=O) groups is 1. The molecule has 1 atom stereocenters. The minimum Gasteiger partial charge on any atom is -0.293 e. The predicted octanol–water partition coefficient (Wildman–Crippen LogP) is 2.78. The van der Waals surface area contributed by atoms with Gasteiger partial charge in [-0.2, -0.15) is 0 Å². The molecule has 18 heavy (non-hydrogen) atoms. The summed E-state index contributed by atoms with van der Waals surface area (Å²) in [5.41, 5.74) is 3.09. The summed E-state index contributed by atoms with van der Waals surface area (Å²) < 4.78 is 0. The number of hydrogen-bond acceptors (Lipinski definition) is 3. The van der Waals surface area contributed by atoms with Crippen molar-refractivity contribution in [3.8, 4) is 0 Å². The van der Waals surface area contributed by atoms with Crippen molar-refractivity contribution in [3.63, 3.8) is 0 Å². The molecule has 0 radical (unpaired) electrons. The first-order valence-electron chi connectivity index (χ1n) is 6.23. The van der Waals surface area contributed by atoms with Crippen LogP contribution in [0.3, 0.4) is 0 Å². The summed E-state index contributed by atoms with van der Waals surface area (Å²) in [6.07, 6.45) is 7.72. The van der Waals surface area contributed by atoms with E-state index in [9.17, 15) is 4.79 Å². The maximum Gasteiger partial charge on any atom is 0.173 e. The van der Waals surface area contributed by atoms with E-state index in [1.165, 1.54) is 17.5 Å². The molecule has 90 valence electrons. The van der Waals surface area contributed by atoms with Crippen LogP contribution in [0.2, 0.25) is 0 Å². The van der Waals surface area contributed by atoms with Gasteiger partial charge in [-0.05, 0) is 30.4 Å². The number of fused-ring (bicyclic) bond motifs is 1. The van der Waals surface area contributed by atoms with Crippen LogP contribution in [-0.4, -0.2) is 15.8 Å². The van der Waals surface area contributed by atoms with Crippen molar-refractivity contribution in [2.24, 2.45) is 0 Å². The molecule has 0 saturated carbocycles. The third-order valence-corrected chi connectivity index (χ3v) is 3.53. The van der Waals surface area contributed by atoms with Crippen molar-refractivity contribution in [1.29, 1.82) is 0 Å². The van der Waals surface area contributed by atoms with Gasteiger partial charge in [0.1, 0.15) is 6.33 Å². The van der Waals surface area contributed by atoms with Crippen LogP contribution in [0.1, 0.15) is 40.2 Å². The first kappa shape index (κ1) is 11.1. The maximum atomic E-state index is 12.5. The Hall–Kier alpha value is -2.03. The molecule has 3 rings (SSSR count). The highest BCUT2D eigenvalue weighted by Gasteiger charge is 2.27. The van der Waals surface area contributed by atoms with Gasteiger partial charge in [-0.25, -0.2) is 9.97 Å². The fraction of sp³-hybridized carbons (Fsp3) is 0.267. The van der Waals surface area contributed by atoms with Crippen LogP contribution in [0.4, 0.5) is 0 Å². The van der Waals surface area contributed by atoms with E-state index in [-0.39, 0.29) is 11.7 Å². The molecule has 1 heterocycles. The third kappa shape index (κ3) is 1.92. The van der Waals surface area contributed by atoms with E-state index in [1.54, 1.807) is 12.4 Å². The van der Waals surface area contributed by atoms with Crippen LogP contribution in [-0.2, 0) is 6.42 Å². The van der Waals surface area contributed by atoms with E-state index in [4.69, 9.17) is 0 Å². The van der Waals surface area contributed by atoms with Gasteiger partial charge in [0.15, 0.2) is 5.78 Å². The lowest BCUT2D eigenvalue weighted by Gasteiger charge is -2.24. The topological polar surface area (TPSA) is 42.9 Å².